The van der Waals surface area contributed by atoms with Gasteiger partial charge in [0.05, 0.1) is 12.2 Å². The molecule has 15 heavy (non-hydrogen) atoms. The van der Waals surface area contributed by atoms with Crippen LogP contribution in [0.25, 0.3) is 0 Å². The summed E-state index contributed by atoms with van der Waals surface area (Å²) < 4.78 is 1.95. The maximum Gasteiger partial charge on any atom is 0.0686 e. The van der Waals surface area contributed by atoms with E-state index in [1.54, 1.807) is 0 Å². The lowest BCUT2D eigenvalue weighted by Gasteiger charge is -2.08. The van der Waals surface area contributed by atoms with E-state index in [1.165, 1.54) is 5.56 Å². The van der Waals surface area contributed by atoms with Crippen LogP contribution in [-0.2, 0) is 6.54 Å². The fourth-order valence-corrected chi connectivity index (χ4v) is 1.31. The Labute approximate surface area is 91.9 Å². The van der Waals surface area contributed by atoms with Crippen molar-refractivity contribution in [3.63, 3.8) is 0 Å². The highest BCUT2D eigenvalue weighted by Gasteiger charge is 2.04. The molecule has 1 aromatic rings. The molecule has 0 amide bonds. The molecule has 0 fully saturated rings. The standard InChI is InChI=1S/C12H19N3/c1-5-12(6-2)13-7-11-8-14-15(9-11)10(3)4/h1,8-10,12-13H,6-7H2,2-4H3. The molecule has 0 saturated carbocycles. The monoisotopic (exact) mass is 205 g/mol. The third kappa shape index (κ3) is 3.41. The molecule has 0 aliphatic heterocycles. The molecular weight excluding hydrogens is 186 g/mol. The largest absolute Gasteiger partial charge is 0.299 e. The van der Waals surface area contributed by atoms with Crippen molar-refractivity contribution in [2.45, 2.75) is 45.8 Å². The van der Waals surface area contributed by atoms with Gasteiger partial charge in [-0.1, -0.05) is 12.8 Å². The molecule has 1 N–H and O–H groups in total. The van der Waals surface area contributed by atoms with Crippen LogP contribution >= 0.6 is 0 Å². The Morgan fingerprint density at radius 2 is 2.33 bits per heavy atom. The van der Waals surface area contributed by atoms with Gasteiger partial charge >= 0.3 is 0 Å². The van der Waals surface area contributed by atoms with Crippen LogP contribution in [0.1, 0.15) is 38.8 Å². The number of rotatable bonds is 5. The van der Waals surface area contributed by atoms with Gasteiger partial charge in [0.1, 0.15) is 0 Å². The zero-order chi connectivity index (χ0) is 11.3. The molecule has 82 valence electrons. The van der Waals surface area contributed by atoms with Gasteiger partial charge in [0, 0.05) is 24.3 Å². The molecule has 0 saturated heterocycles. The Hall–Kier alpha value is -1.27. The van der Waals surface area contributed by atoms with Crippen molar-refractivity contribution >= 4 is 0 Å². The van der Waals surface area contributed by atoms with Crippen LogP contribution in [0.3, 0.4) is 0 Å². The van der Waals surface area contributed by atoms with E-state index < -0.39 is 0 Å². The summed E-state index contributed by atoms with van der Waals surface area (Å²) >= 11 is 0. The van der Waals surface area contributed by atoms with Crippen molar-refractivity contribution in [3.05, 3.63) is 18.0 Å². The lowest BCUT2D eigenvalue weighted by molar-refractivity contribution is 0.531. The van der Waals surface area contributed by atoms with Crippen molar-refractivity contribution < 1.29 is 0 Å². The summed E-state index contributed by atoms with van der Waals surface area (Å²) in [5, 5.41) is 7.57. The van der Waals surface area contributed by atoms with E-state index >= 15 is 0 Å². The smallest absolute Gasteiger partial charge is 0.0686 e. The Morgan fingerprint density at radius 3 is 2.80 bits per heavy atom. The van der Waals surface area contributed by atoms with Crippen molar-refractivity contribution in [1.29, 1.82) is 0 Å². The highest BCUT2D eigenvalue weighted by molar-refractivity contribution is 5.06. The van der Waals surface area contributed by atoms with Gasteiger partial charge in [-0.25, -0.2) is 0 Å². The average Bonchev–Trinajstić information content (AvgIpc) is 2.68. The minimum atomic E-state index is 0.160. The van der Waals surface area contributed by atoms with Gasteiger partial charge in [-0.3, -0.25) is 10.00 Å². The summed E-state index contributed by atoms with van der Waals surface area (Å²) in [6, 6.07) is 0.570. The van der Waals surface area contributed by atoms with E-state index in [9.17, 15) is 0 Å². The molecule has 1 atom stereocenters. The Bertz CT molecular complexity index is 333. The lowest BCUT2D eigenvalue weighted by Crippen LogP contribution is -2.25. The van der Waals surface area contributed by atoms with Gasteiger partial charge in [0.15, 0.2) is 0 Å². The van der Waals surface area contributed by atoms with E-state index in [-0.39, 0.29) is 6.04 Å². The third-order valence-electron chi connectivity index (χ3n) is 2.35. The minimum Gasteiger partial charge on any atom is -0.299 e. The first kappa shape index (κ1) is 11.8. The Morgan fingerprint density at radius 1 is 1.60 bits per heavy atom. The van der Waals surface area contributed by atoms with E-state index in [1.807, 2.05) is 10.9 Å². The summed E-state index contributed by atoms with van der Waals surface area (Å²) in [4.78, 5) is 0. The fraction of sp³-hybridized carbons (Fsp3) is 0.583. The molecule has 1 rings (SSSR count). The number of nitrogens with zero attached hydrogens (tertiary/aromatic N) is 2. The van der Waals surface area contributed by atoms with Gasteiger partial charge < -0.3 is 0 Å². The van der Waals surface area contributed by atoms with Gasteiger partial charge in [0.25, 0.3) is 0 Å². The first-order valence-electron chi connectivity index (χ1n) is 5.40. The molecule has 0 radical (unpaired) electrons. The zero-order valence-corrected chi connectivity index (χ0v) is 9.70. The van der Waals surface area contributed by atoms with Crippen molar-refractivity contribution in [3.8, 4) is 12.3 Å². The summed E-state index contributed by atoms with van der Waals surface area (Å²) in [6.07, 6.45) is 10.3. The molecular formula is C12H19N3. The second-order valence-electron chi connectivity index (χ2n) is 3.93. The van der Waals surface area contributed by atoms with Crippen LogP contribution in [0.15, 0.2) is 12.4 Å². The van der Waals surface area contributed by atoms with E-state index in [2.05, 4.69) is 43.3 Å². The highest BCUT2D eigenvalue weighted by Crippen LogP contribution is 2.05. The van der Waals surface area contributed by atoms with E-state index in [4.69, 9.17) is 6.42 Å². The van der Waals surface area contributed by atoms with Crippen molar-refractivity contribution in [2.24, 2.45) is 0 Å². The number of aromatic nitrogens is 2. The molecule has 0 aliphatic rings. The first-order valence-corrected chi connectivity index (χ1v) is 5.40. The second-order valence-corrected chi connectivity index (χ2v) is 3.93. The van der Waals surface area contributed by atoms with Crippen molar-refractivity contribution in [2.75, 3.05) is 0 Å². The lowest BCUT2D eigenvalue weighted by atomic mass is 10.2. The molecule has 0 spiro atoms. The molecule has 3 nitrogen and oxygen atoms in total. The molecule has 0 bridgehead atoms. The van der Waals surface area contributed by atoms with Gasteiger partial charge in [-0.05, 0) is 20.3 Å². The normalized spacial score (nSPS) is 12.7. The predicted molar refractivity (Wildman–Crippen MR) is 62.4 cm³/mol. The van der Waals surface area contributed by atoms with Crippen LogP contribution in [0.4, 0.5) is 0 Å². The second kappa shape index (κ2) is 5.57. The molecule has 0 aromatic carbocycles. The van der Waals surface area contributed by atoms with Crippen LogP contribution < -0.4 is 5.32 Å². The number of nitrogens with one attached hydrogen (secondary N) is 1. The number of hydrogen-bond donors (Lipinski definition) is 1. The number of hydrogen-bond acceptors (Lipinski definition) is 2. The average molecular weight is 205 g/mol. The van der Waals surface area contributed by atoms with E-state index in [0.717, 1.165) is 13.0 Å². The predicted octanol–water partition coefficient (Wildman–Crippen LogP) is 1.97. The van der Waals surface area contributed by atoms with Gasteiger partial charge in [0.2, 0.25) is 0 Å². The molecule has 1 heterocycles. The molecule has 0 aliphatic carbocycles. The van der Waals surface area contributed by atoms with Crippen LogP contribution in [0.2, 0.25) is 0 Å². The highest BCUT2D eigenvalue weighted by atomic mass is 15.3. The van der Waals surface area contributed by atoms with Gasteiger partial charge in [-0.15, -0.1) is 6.42 Å². The SMILES string of the molecule is C#CC(CC)NCc1cnn(C(C)C)c1. The Kier molecular flexibility index (Phi) is 4.38. The van der Waals surface area contributed by atoms with E-state index in [0.29, 0.717) is 6.04 Å². The quantitative estimate of drug-likeness (QED) is 0.745. The summed E-state index contributed by atoms with van der Waals surface area (Å²) in [6.45, 7) is 7.09. The molecule has 3 heteroatoms. The maximum atomic E-state index is 5.37. The third-order valence-corrected chi connectivity index (χ3v) is 2.35. The topological polar surface area (TPSA) is 29.9 Å². The summed E-state index contributed by atoms with van der Waals surface area (Å²) in [5.74, 6) is 2.71. The fourth-order valence-electron chi connectivity index (χ4n) is 1.31. The summed E-state index contributed by atoms with van der Waals surface area (Å²) in [7, 11) is 0. The minimum absolute atomic E-state index is 0.160. The van der Waals surface area contributed by atoms with Crippen LogP contribution in [0.5, 0.6) is 0 Å². The first-order chi connectivity index (χ1) is 7.17. The van der Waals surface area contributed by atoms with Crippen molar-refractivity contribution in [1.82, 2.24) is 15.1 Å². The Balaban J connectivity index is 2.48. The summed E-state index contributed by atoms with van der Waals surface area (Å²) in [5.41, 5.74) is 1.18. The van der Waals surface area contributed by atoms with Gasteiger partial charge in [-0.2, -0.15) is 5.10 Å². The van der Waals surface area contributed by atoms with Crippen LogP contribution in [0, 0.1) is 12.3 Å². The van der Waals surface area contributed by atoms with Crippen LogP contribution in [-0.4, -0.2) is 15.8 Å². The zero-order valence-electron chi connectivity index (χ0n) is 9.70. The maximum absolute atomic E-state index is 5.37. The molecule has 1 aromatic heterocycles. The molecule has 1 unspecified atom stereocenters. The number of terminal acetylenes is 1.